The van der Waals surface area contributed by atoms with Gasteiger partial charge in [-0.2, -0.15) is 0 Å². The molecule has 0 saturated carbocycles. The Morgan fingerprint density at radius 2 is 1.02 bits per heavy atom. The molecule has 10 rings (SSSR count). The van der Waals surface area contributed by atoms with E-state index in [1.54, 1.807) is 0 Å². The Bertz CT molecular complexity index is 2890. The van der Waals surface area contributed by atoms with Crippen LogP contribution in [0.25, 0.3) is 60.9 Å². The van der Waals surface area contributed by atoms with Crippen LogP contribution in [0.5, 0.6) is 0 Å². The van der Waals surface area contributed by atoms with Crippen LogP contribution in [0, 0.1) is 13.8 Å². The number of rotatable bonds is 6. The standard InChI is InChI=1S/C53H42N2/c1-35-21-23-39(24-22-35)43-18-12-13-36(2)52(43)55-50-20-11-9-17-46(50)47-32-30-42(34-51(47)55)54(40-27-25-38(26-28-40)37-14-6-5-7-15-37)41-29-31-45-44-16-8-10-19-48(44)53(3,4)49(45)33-41/h5-34H,1-4H3. The molecule has 1 aliphatic rings. The Morgan fingerprint density at radius 1 is 0.418 bits per heavy atom. The maximum Gasteiger partial charge on any atom is 0.0569 e. The van der Waals surface area contributed by atoms with Gasteiger partial charge in [0, 0.05) is 38.8 Å². The minimum absolute atomic E-state index is 0.113. The Labute approximate surface area is 323 Å². The van der Waals surface area contributed by atoms with Crippen molar-refractivity contribution in [3.8, 4) is 39.1 Å². The highest BCUT2D eigenvalue weighted by atomic mass is 15.1. The summed E-state index contributed by atoms with van der Waals surface area (Å²) in [5.41, 5.74) is 19.6. The van der Waals surface area contributed by atoms with Gasteiger partial charge in [0.2, 0.25) is 0 Å². The summed E-state index contributed by atoms with van der Waals surface area (Å²) in [5.74, 6) is 0. The minimum Gasteiger partial charge on any atom is -0.310 e. The third-order valence-corrected chi connectivity index (χ3v) is 11.8. The molecule has 0 atom stereocenters. The molecule has 264 valence electrons. The van der Waals surface area contributed by atoms with Crippen molar-refractivity contribution < 1.29 is 0 Å². The minimum atomic E-state index is -0.113. The third-order valence-electron chi connectivity index (χ3n) is 11.8. The molecule has 2 heteroatoms. The number of anilines is 3. The molecule has 0 amide bonds. The molecule has 0 bridgehead atoms. The van der Waals surface area contributed by atoms with E-state index in [9.17, 15) is 0 Å². The van der Waals surface area contributed by atoms with Crippen molar-refractivity contribution >= 4 is 38.9 Å². The van der Waals surface area contributed by atoms with E-state index in [2.05, 4.69) is 219 Å². The first-order valence-corrected chi connectivity index (χ1v) is 19.3. The molecule has 0 unspecified atom stereocenters. The molecule has 1 aromatic heterocycles. The van der Waals surface area contributed by atoms with E-state index in [-0.39, 0.29) is 5.41 Å². The van der Waals surface area contributed by atoms with Crippen LogP contribution in [0.15, 0.2) is 182 Å². The van der Waals surface area contributed by atoms with Gasteiger partial charge in [-0.3, -0.25) is 0 Å². The molecule has 1 heterocycles. The van der Waals surface area contributed by atoms with E-state index >= 15 is 0 Å². The van der Waals surface area contributed by atoms with E-state index in [1.165, 1.54) is 83.1 Å². The largest absolute Gasteiger partial charge is 0.310 e. The van der Waals surface area contributed by atoms with E-state index in [0.29, 0.717) is 0 Å². The number of aromatic nitrogens is 1. The molecule has 0 saturated heterocycles. The number of fused-ring (bicyclic) bond motifs is 6. The Morgan fingerprint density at radius 3 is 1.84 bits per heavy atom. The Balaban J connectivity index is 1.21. The zero-order valence-electron chi connectivity index (χ0n) is 31.7. The SMILES string of the molecule is Cc1ccc(-c2cccc(C)c2-n2c3ccccc3c3ccc(N(c4ccc(-c5ccccc5)cc4)c4ccc5c(c4)C(C)(C)c4ccccc4-5)cc32)cc1. The summed E-state index contributed by atoms with van der Waals surface area (Å²) < 4.78 is 2.50. The fourth-order valence-corrected chi connectivity index (χ4v) is 8.97. The van der Waals surface area contributed by atoms with E-state index in [4.69, 9.17) is 0 Å². The summed E-state index contributed by atoms with van der Waals surface area (Å²) in [6.45, 7) is 9.11. The third kappa shape index (κ3) is 5.32. The lowest BCUT2D eigenvalue weighted by Gasteiger charge is -2.28. The molecule has 0 radical (unpaired) electrons. The lowest BCUT2D eigenvalue weighted by atomic mass is 9.82. The molecule has 8 aromatic carbocycles. The summed E-state index contributed by atoms with van der Waals surface area (Å²) in [5, 5.41) is 2.49. The van der Waals surface area contributed by atoms with Gasteiger partial charge in [0.25, 0.3) is 0 Å². The van der Waals surface area contributed by atoms with Crippen LogP contribution in [-0.2, 0) is 5.41 Å². The number of aryl methyl sites for hydroxylation is 2. The van der Waals surface area contributed by atoms with Crippen molar-refractivity contribution in [2.24, 2.45) is 0 Å². The topological polar surface area (TPSA) is 8.17 Å². The predicted octanol–water partition coefficient (Wildman–Crippen LogP) is 14.5. The van der Waals surface area contributed by atoms with Gasteiger partial charge >= 0.3 is 0 Å². The normalized spacial score (nSPS) is 12.9. The van der Waals surface area contributed by atoms with Crippen LogP contribution >= 0.6 is 0 Å². The Kier molecular flexibility index (Phi) is 7.64. The van der Waals surface area contributed by atoms with E-state index in [1.807, 2.05) is 0 Å². The molecular weight excluding hydrogens is 665 g/mol. The second-order valence-corrected chi connectivity index (χ2v) is 15.5. The zero-order valence-corrected chi connectivity index (χ0v) is 31.7. The summed E-state index contributed by atoms with van der Waals surface area (Å²) in [6.07, 6.45) is 0. The van der Waals surface area contributed by atoms with Crippen LogP contribution in [0.3, 0.4) is 0 Å². The lowest BCUT2D eigenvalue weighted by Crippen LogP contribution is -2.16. The van der Waals surface area contributed by atoms with E-state index < -0.39 is 0 Å². The smallest absolute Gasteiger partial charge is 0.0569 e. The first kappa shape index (κ1) is 33.0. The highest BCUT2D eigenvalue weighted by Gasteiger charge is 2.35. The lowest BCUT2D eigenvalue weighted by molar-refractivity contribution is 0.660. The van der Waals surface area contributed by atoms with Crippen molar-refractivity contribution in [3.63, 3.8) is 0 Å². The zero-order chi connectivity index (χ0) is 37.3. The first-order chi connectivity index (χ1) is 26.9. The summed E-state index contributed by atoms with van der Waals surface area (Å²) >= 11 is 0. The second kappa shape index (κ2) is 12.7. The molecule has 0 N–H and O–H groups in total. The highest BCUT2D eigenvalue weighted by molar-refractivity contribution is 6.11. The number of para-hydroxylation sites is 2. The highest BCUT2D eigenvalue weighted by Crippen LogP contribution is 2.51. The molecule has 9 aromatic rings. The number of hydrogen-bond acceptors (Lipinski definition) is 1. The summed E-state index contributed by atoms with van der Waals surface area (Å²) in [6, 6.07) is 67.1. The average Bonchev–Trinajstić information content (AvgIpc) is 3.66. The molecular formula is C53H42N2. The van der Waals surface area contributed by atoms with Crippen LogP contribution in [0.4, 0.5) is 17.1 Å². The quantitative estimate of drug-likeness (QED) is 0.167. The molecule has 0 aliphatic heterocycles. The molecule has 55 heavy (non-hydrogen) atoms. The van der Waals surface area contributed by atoms with Gasteiger partial charge in [0.15, 0.2) is 0 Å². The monoisotopic (exact) mass is 706 g/mol. The van der Waals surface area contributed by atoms with Gasteiger partial charge in [-0.15, -0.1) is 0 Å². The summed E-state index contributed by atoms with van der Waals surface area (Å²) in [7, 11) is 0. The van der Waals surface area contributed by atoms with Gasteiger partial charge in [-0.05, 0) is 101 Å². The maximum absolute atomic E-state index is 2.50. The first-order valence-electron chi connectivity index (χ1n) is 19.3. The average molecular weight is 707 g/mol. The van der Waals surface area contributed by atoms with Gasteiger partial charge in [0.1, 0.15) is 0 Å². The van der Waals surface area contributed by atoms with Crippen LogP contribution in [0.2, 0.25) is 0 Å². The van der Waals surface area contributed by atoms with Gasteiger partial charge in [0.05, 0.1) is 16.7 Å². The van der Waals surface area contributed by atoms with Crippen molar-refractivity contribution in [1.29, 1.82) is 0 Å². The molecule has 0 spiro atoms. The molecule has 1 aliphatic carbocycles. The van der Waals surface area contributed by atoms with E-state index in [0.717, 1.165) is 17.1 Å². The fourth-order valence-electron chi connectivity index (χ4n) is 8.97. The van der Waals surface area contributed by atoms with Crippen LogP contribution in [-0.4, -0.2) is 4.57 Å². The molecule has 2 nitrogen and oxygen atoms in total. The summed E-state index contributed by atoms with van der Waals surface area (Å²) in [4.78, 5) is 2.44. The number of nitrogens with zero attached hydrogens (tertiary/aromatic N) is 2. The van der Waals surface area contributed by atoms with Gasteiger partial charge in [-0.1, -0.05) is 159 Å². The van der Waals surface area contributed by atoms with Crippen molar-refractivity contribution in [2.45, 2.75) is 33.1 Å². The van der Waals surface area contributed by atoms with Crippen molar-refractivity contribution in [1.82, 2.24) is 4.57 Å². The number of hydrogen-bond donors (Lipinski definition) is 0. The van der Waals surface area contributed by atoms with Gasteiger partial charge < -0.3 is 9.47 Å². The fraction of sp³-hybridized carbons (Fsp3) is 0.0943. The number of benzene rings is 8. The van der Waals surface area contributed by atoms with Crippen molar-refractivity contribution in [3.05, 3.63) is 204 Å². The van der Waals surface area contributed by atoms with Crippen LogP contribution < -0.4 is 4.90 Å². The van der Waals surface area contributed by atoms with Crippen LogP contribution in [0.1, 0.15) is 36.1 Å². The molecule has 0 fully saturated rings. The predicted molar refractivity (Wildman–Crippen MR) is 233 cm³/mol. The Hall–Kier alpha value is -6.64. The van der Waals surface area contributed by atoms with Crippen molar-refractivity contribution in [2.75, 3.05) is 4.90 Å². The second-order valence-electron chi connectivity index (χ2n) is 15.5. The van der Waals surface area contributed by atoms with Gasteiger partial charge in [-0.25, -0.2) is 0 Å². The maximum atomic E-state index is 2.50.